The van der Waals surface area contributed by atoms with Crippen molar-refractivity contribution in [2.24, 2.45) is 5.73 Å². The summed E-state index contributed by atoms with van der Waals surface area (Å²) in [7, 11) is 0. The van der Waals surface area contributed by atoms with E-state index in [1.54, 1.807) is 0 Å². The number of para-hydroxylation sites is 1. The second-order valence-corrected chi connectivity index (χ2v) is 6.82. The highest BCUT2D eigenvalue weighted by atomic mass is 79.9. The number of furan rings is 1. The van der Waals surface area contributed by atoms with Crippen LogP contribution in [0.1, 0.15) is 17.7 Å². The lowest BCUT2D eigenvalue weighted by molar-refractivity contribution is 0.526. The molecule has 0 aliphatic heterocycles. The van der Waals surface area contributed by atoms with Gasteiger partial charge >= 0.3 is 0 Å². The van der Waals surface area contributed by atoms with Crippen molar-refractivity contribution < 1.29 is 4.42 Å². The minimum atomic E-state index is 0.00973. The molecule has 1 heterocycles. The fourth-order valence-electron chi connectivity index (χ4n) is 3.18. The molecule has 2 aromatic rings. The van der Waals surface area contributed by atoms with Crippen LogP contribution in [-0.4, -0.2) is 10.9 Å². The third-order valence-electron chi connectivity index (χ3n) is 4.22. The Morgan fingerprint density at radius 3 is 2.90 bits per heavy atom. The van der Waals surface area contributed by atoms with E-state index in [-0.39, 0.29) is 6.04 Å². The standard InChI is InChI=1S/C18H16BrNO/c19-12-5-3-4-11(8-12)14-9-15-13-6-1-2-7-17(13)21-18(15)10-16(14)20/h1-7,9,12,16H,8,10,20H2. The maximum absolute atomic E-state index is 6.38. The summed E-state index contributed by atoms with van der Waals surface area (Å²) in [4.78, 5) is 0.396. The van der Waals surface area contributed by atoms with Crippen molar-refractivity contribution in [2.45, 2.75) is 23.7 Å². The van der Waals surface area contributed by atoms with Gasteiger partial charge in [0.2, 0.25) is 0 Å². The van der Waals surface area contributed by atoms with Gasteiger partial charge < -0.3 is 10.2 Å². The fourth-order valence-corrected chi connectivity index (χ4v) is 3.71. The molecular weight excluding hydrogens is 326 g/mol. The van der Waals surface area contributed by atoms with Gasteiger partial charge in [-0.3, -0.25) is 0 Å². The van der Waals surface area contributed by atoms with Crippen LogP contribution >= 0.6 is 15.9 Å². The number of nitrogens with two attached hydrogens (primary N) is 1. The van der Waals surface area contributed by atoms with Gasteiger partial charge in [0.25, 0.3) is 0 Å². The van der Waals surface area contributed by atoms with Crippen LogP contribution in [0.2, 0.25) is 0 Å². The molecule has 3 heteroatoms. The summed E-state index contributed by atoms with van der Waals surface area (Å²) in [6, 6.07) is 8.20. The number of alkyl halides is 1. The topological polar surface area (TPSA) is 39.2 Å². The zero-order valence-corrected chi connectivity index (χ0v) is 13.1. The first kappa shape index (κ1) is 13.1. The maximum Gasteiger partial charge on any atom is 0.134 e. The normalized spacial score (nSPS) is 24.7. The SMILES string of the molecule is NC1Cc2oc3ccccc3c2C=C1C1=CC=CC(Br)C1. The molecule has 0 fully saturated rings. The van der Waals surface area contributed by atoms with Crippen molar-refractivity contribution in [1.29, 1.82) is 0 Å². The molecule has 2 aliphatic carbocycles. The van der Waals surface area contributed by atoms with E-state index in [1.807, 2.05) is 12.1 Å². The zero-order valence-electron chi connectivity index (χ0n) is 11.6. The average Bonchev–Trinajstić information content (AvgIpc) is 2.83. The summed E-state index contributed by atoms with van der Waals surface area (Å²) in [5.74, 6) is 1.01. The first-order chi connectivity index (χ1) is 10.2. The molecule has 0 amide bonds. The first-order valence-corrected chi connectivity index (χ1v) is 8.13. The molecule has 2 aliphatic rings. The summed E-state index contributed by atoms with van der Waals surface area (Å²) in [5, 5.41) is 1.18. The van der Waals surface area contributed by atoms with E-state index in [1.165, 1.54) is 22.1 Å². The van der Waals surface area contributed by atoms with Crippen LogP contribution in [0.25, 0.3) is 17.0 Å². The summed E-state index contributed by atoms with van der Waals surface area (Å²) in [5.41, 5.74) is 11.1. The van der Waals surface area contributed by atoms with Crippen LogP contribution in [0, 0.1) is 0 Å². The largest absolute Gasteiger partial charge is 0.460 e. The lowest BCUT2D eigenvalue weighted by atomic mass is 9.85. The van der Waals surface area contributed by atoms with Crippen molar-refractivity contribution in [3.63, 3.8) is 0 Å². The molecular formula is C18H16BrNO. The van der Waals surface area contributed by atoms with Gasteiger partial charge in [-0.2, -0.15) is 0 Å². The Kier molecular flexibility index (Phi) is 3.12. The molecule has 0 saturated carbocycles. The van der Waals surface area contributed by atoms with E-state index in [4.69, 9.17) is 10.2 Å². The van der Waals surface area contributed by atoms with Crippen LogP contribution < -0.4 is 5.73 Å². The average molecular weight is 342 g/mol. The van der Waals surface area contributed by atoms with Crippen molar-refractivity contribution >= 4 is 33.0 Å². The number of hydrogen-bond acceptors (Lipinski definition) is 2. The predicted molar refractivity (Wildman–Crippen MR) is 90.4 cm³/mol. The minimum absolute atomic E-state index is 0.00973. The number of allylic oxidation sites excluding steroid dienone is 3. The van der Waals surface area contributed by atoms with Gasteiger partial charge in [-0.05, 0) is 29.7 Å². The highest BCUT2D eigenvalue weighted by Gasteiger charge is 2.26. The second-order valence-electron chi connectivity index (χ2n) is 5.64. The summed E-state index contributed by atoms with van der Waals surface area (Å²) < 4.78 is 5.95. The molecule has 2 unspecified atom stereocenters. The molecule has 21 heavy (non-hydrogen) atoms. The number of rotatable bonds is 1. The lowest BCUT2D eigenvalue weighted by Crippen LogP contribution is -2.29. The fraction of sp³-hybridized carbons (Fsp3) is 0.222. The Labute approximate surface area is 132 Å². The Morgan fingerprint density at radius 2 is 2.05 bits per heavy atom. The summed E-state index contributed by atoms with van der Waals surface area (Å²) >= 11 is 3.67. The third-order valence-corrected chi connectivity index (χ3v) is 4.85. The van der Waals surface area contributed by atoms with Gasteiger partial charge in [0, 0.05) is 28.2 Å². The highest BCUT2D eigenvalue weighted by Crippen LogP contribution is 2.37. The van der Waals surface area contributed by atoms with Crippen LogP contribution in [0.3, 0.4) is 0 Å². The molecule has 4 rings (SSSR count). The minimum Gasteiger partial charge on any atom is -0.460 e. The molecule has 0 bridgehead atoms. The first-order valence-electron chi connectivity index (χ1n) is 7.22. The van der Waals surface area contributed by atoms with E-state index in [0.29, 0.717) is 4.83 Å². The monoisotopic (exact) mass is 341 g/mol. The van der Waals surface area contributed by atoms with Crippen molar-refractivity contribution in [3.8, 4) is 0 Å². The van der Waals surface area contributed by atoms with Gasteiger partial charge in [-0.1, -0.05) is 52.4 Å². The Morgan fingerprint density at radius 1 is 1.19 bits per heavy atom. The number of fused-ring (bicyclic) bond motifs is 3. The van der Waals surface area contributed by atoms with Gasteiger partial charge in [-0.15, -0.1) is 0 Å². The maximum atomic E-state index is 6.38. The quantitative estimate of drug-likeness (QED) is 0.783. The summed E-state index contributed by atoms with van der Waals surface area (Å²) in [6.45, 7) is 0. The molecule has 0 radical (unpaired) electrons. The predicted octanol–water partition coefficient (Wildman–Crippen LogP) is 4.35. The van der Waals surface area contributed by atoms with Crippen LogP contribution in [0.4, 0.5) is 0 Å². The highest BCUT2D eigenvalue weighted by molar-refractivity contribution is 9.09. The Hall–Kier alpha value is -1.58. The van der Waals surface area contributed by atoms with Crippen LogP contribution in [0.15, 0.2) is 58.1 Å². The van der Waals surface area contributed by atoms with E-state index >= 15 is 0 Å². The van der Waals surface area contributed by atoms with Crippen molar-refractivity contribution in [2.75, 3.05) is 0 Å². The second kappa shape index (κ2) is 5.00. The molecule has 0 spiro atoms. The van der Waals surface area contributed by atoms with E-state index < -0.39 is 0 Å². The molecule has 2 atom stereocenters. The summed E-state index contributed by atoms with van der Waals surface area (Å²) in [6.07, 6.45) is 10.4. The molecule has 2 nitrogen and oxygen atoms in total. The zero-order chi connectivity index (χ0) is 14.4. The Balaban J connectivity index is 1.85. The third kappa shape index (κ3) is 2.21. The van der Waals surface area contributed by atoms with Gasteiger partial charge in [0.1, 0.15) is 11.3 Å². The van der Waals surface area contributed by atoms with Gasteiger partial charge in [0.05, 0.1) is 0 Å². The van der Waals surface area contributed by atoms with Gasteiger partial charge in [-0.25, -0.2) is 0 Å². The number of benzene rings is 1. The Bertz CT molecular complexity index is 797. The van der Waals surface area contributed by atoms with E-state index in [0.717, 1.165) is 24.2 Å². The smallest absolute Gasteiger partial charge is 0.134 e. The molecule has 106 valence electrons. The van der Waals surface area contributed by atoms with Crippen molar-refractivity contribution in [3.05, 3.63) is 65.0 Å². The molecule has 1 aromatic heterocycles. The number of halogens is 1. The van der Waals surface area contributed by atoms with Crippen LogP contribution in [0.5, 0.6) is 0 Å². The lowest BCUT2D eigenvalue weighted by Gasteiger charge is -2.24. The van der Waals surface area contributed by atoms with Crippen molar-refractivity contribution in [1.82, 2.24) is 0 Å². The van der Waals surface area contributed by atoms with Gasteiger partial charge in [0.15, 0.2) is 0 Å². The van der Waals surface area contributed by atoms with E-state index in [9.17, 15) is 0 Å². The van der Waals surface area contributed by atoms with E-state index in [2.05, 4.69) is 52.4 Å². The van der Waals surface area contributed by atoms with Crippen LogP contribution in [-0.2, 0) is 6.42 Å². The molecule has 2 N–H and O–H groups in total. The molecule has 1 aromatic carbocycles. The molecule has 0 saturated heterocycles. The number of hydrogen-bond donors (Lipinski definition) is 1.